The van der Waals surface area contributed by atoms with Crippen LogP contribution >= 0.6 is 0 Å². The summed E-state index contributed by atoms with van der Waals surface area (Å²) >= 11 is 0. The second kappa shape index (κ2) is 20.9. The number of nitrogens with two attached hydrogens (primary N) is 1. The Bertz CT molecular complexity index is 1270. The van der Waals surface area contributed by atoms with Gasteiger partial charge in [0.1, 0.15) is 22.6 Å². The molecule has 290 valence electrons. The predicted molar refractivity (Wildman–Crippen MR) is 190 cm³/mol. The van der Waals surface area contributed by atoms with Gasteiger partial charge >= 0.3 is 29.8 Å². The van der Waals surface area contributed by atoms with Crippen LogP contribution in [0, 0.1) is 0 Å². The number of benzene rings is 1. The number of carbonyl (C=O) groups excluding carboxylic acids is 3. The van der Waals surface area contributed by atoms with Gasteiger partial charge in [-0.05, 0) is 99.4 Å². The highest BCUT2D eigenvalue weighted by molar-refractivity contribution is 5.75. The molecule has 15 nitrogen and oxygen atoms in total. The molecule has 0 amide bonds. The van der Waals surface area contributed by atoms with Gasteiger partial charge in [0.05, 0.1) is 39.3 Å². The third-order valence-corrected chi connectivity index (χ3v) is 6.72. The Morgan fingerprint density at radius 2 is 1.12 bits per heavy atom. The van der Waals surface area contributed by atoms with E-state index in [4.69, 9.17) is 24.7 Å². The number of rotatable bonds is 22. The fourth-order valence-electron chi connectivity index (χ4n) is 4.94. The molecule has 0 saturated heterocycles. The molecule has 0 aromatic heterocycles. The minimum absolute atomic E-state index is 0.0426. The van der Waals surface area contributed by atoms with Crippen molar-refractivity contribution < 1.29 is 53.1 Å². The second-order valence-electron chi connectivity index (χ2n) is 15.4. The van der Waals surface area contributed by atoms with Crippen LogP contribution in [0.15, 0.2) is 24.3 Å². The zero-order valence-electron chi connectivity index (χ0n) is 31.9. The van der Waals surface area contributed by atoms with E-state index in [1.807, 2.05) is 12.1 Å². The molecule has 0 radical (unpaired) electrons. The lowest BCUT2D eigenvalue weighted by molar-refractivity contribution is -0.159. The lowest BCUT2D eigenvalue weighted by atomic mass is 10.0. The molecule has 1 aromatic rings. The Morgan fingerprint density at radius 3 is 1.57 bits per heavy atom. The molecule has 0 fully saturated rings. The number of carboxylic acids is 2. The average molecular weight is 725 g/mol. The third-order valence-electron chi connectivity index (χ3n) is 6.72. The standard InChI is InChI=1S/C36H60N4O11/c1-34(2,3)49-31(45)23-38(16-17-39(21-29(41)42)24-32(46)50-35(4,5)6)20-27(19-26-11-13-28(14-12-26)48-18-10-15-37)40(22-30(43)44)25-33(47)51-36(7,8)9/h11-14,27H,10,15-25,37H2,1-9H3,(H,41,42)(H,43,44). The number of carboxylic acid groups (broad SMARTS) is 2. The normalized spacial score (nSPS) is 12.9. The van der Waals surface area contributed by atoms with E-state index < -0.39 is 65.8 Å². The largest absolute Gasteiger partial charge is 0.494 e. The van der Waals surface area contributed by atoms with Gasteiger partial charge in [-0.1, -0.05) is 12.1 Å². The molecule has 0 spiro atoms. The molecule has 1 rings (SSSR count). The molecule has 0 aliphatic rings. The first kappa shape index (κ1) is 45.2. The van der Waals surface area contributed by atoms with Crippen LogP contribution in [0.4, 0.5) is 0 Å². The van der Waals surface area contributed by atoms with Crippen molar-refractivity contribution in [2.75, 3.05) is 65.5 Å². The number of hydrogen-bond donors (Lipinski definition) is 3. The van der Waals surface area contributed by atoms with Gasteiger partial charge < -0.3 is 34.9 Å². The second-order valence-corrected chi connectivity index (χ2v) is 15.4. The van der Waals surface area contributed by atoms with Crippen molar-refractivity contribution in [3.63, 3.8) is 0 Å². The summed E-state index contributed by atoms with van der Waals surface area (Å²) in [5.74, 6) is -3.49. The minimum Gasteiger partial charge on any atom is -0.494 e. The summed E-state index contributed by atoms with van der Waals surface area (Å²) in [6.45, 7) is 14.7. The van der Waals surface area contributed by atoms with Crippen molar-refractivity contribution in [1.29, 1.82) is 0 Å². The highest BCUT2D eigenvalue weighted by Crippen LogP contribution is 2.18. The van der Waals surface area contributed by atoms with Crippen molar-refractivity contribution in [2.24, 2.45) is 5.73 Å². The molecule has 1 unspecified atom stereocenters. The molecule has 0 saturated carbocycles. The van der Waals surface area contributed by atoms with Crippen molar-refractivity contribution >= 4 is 29.8 Å². The van der Waals surface area contributed by atoms with E-state index in [0.717, 1.165) is 5.56 Å². The van der Waals surface area contributed by atoms with E-state index in [1.165, 1.54) is 9.80 Å². The monoisotopic (exact) mass is 724 g/mol. The van der Waals surface area contributed by atoms with Crippen LogP contribution in [0.25, 0.3) is 0 Å². The minimum atomic E-state index is -1.17. The number of nitrogens with zero attached hydrogens (tertiary/aromatic N) is 3. The molecule has 0 aliphatic carbocycles. The van der Waals surface area contributed by atoms with Gasteiger partial charge in [-0.2, -0.15) is 0 Å². The van der Waals surface area contributed by atoms with Crippen molar-refractivity contribution in [1.82, 2.24) is 14.7 Å². The summed E-state index contributed by atoms with van der Waals surface area (Å²) in [5, 5.41) is 19.5. The smallest absolute Gasteiger partial charge is 0.320 e. The molecule has 51 heavy (non-hydrogen) atoms. The SMILES string of the molecule is CC(C)(C)OC(=O)CN(CCN(CC(=O)OC(C)(C)C)CC(Cc1ccc(OCCCN)cc1)N(CC(=O)O)CC(=O)OC(C)(C)C)CC(=O)O. The summed E-state index contributed by atoms with van der Waals surface area (Å²) in [6, 6.07) is 6.60. The van der Waals surface area contributed by atoms with Gasteiger partial charge in [0.2, 0.25) is 0 Å². The van der Waals surface area contributed by atoms with Gasteiger partial charge in [-0.3, -0.25) is 38.7 Å². The Hall–Kier alpha value is -3.79. The number of aliphatic carboxylic acids is 2. The van der Waals surface area contributed by atoms with Gasteiger partial charge in [0.15, 0.2) is 0 Å². The van der Waals surface area contributed by atoms with Crippen molar-refractivity contribution in [2.45, 2.75) is 98.0 Å². The lowest BCUT2D eigenvalue weighted by Gasteiger charge is -2.35. The Labute approximate surface area is 302 Å². The first-order valence-corrected chi connectivity index (χ1v) is 17.1. The first-order chi connectivity index (χ1) is 23.4. The Balaban J connectivity index is 3.53. The van der Waals surface area contributed by atoms with E-state index in [-0.39, 0.29) is 45.7 Å². The van der Waals surface area contributed by atoms with E-state index in [0.29, 0.717) is 25.3 Å². The topological polar surface area (TPSA) is 198 Å². The van der Waals surface area contributed by atoms with E-state index in [1.54, 1.807) is 79.3 Å². The molecule has 15 heteroatoms. The molecular formula is C36H60N4O11. The highest BCUT2D eigenvalue weighted by atomic mass is 16.6. The fraction of sp³-hybridized carbons (Fsp3) is 0.694. The van der Waals surface area contributed by atoms with Gasteiger partial charge in [-0.25, -0.2) is 0 Å². The third kappa shape index (κ3) is 22.6. The predicted octanol–water partition coefficient (Wildman–Crippen LogP) is 2.43. The quantitative estimate of drug-likeness (QED) is 0.0895. The van der Waals surface area contributed by atoms with Gasteiger partial charge in [-0.15, -0.1) is 0 Å². The van der Waals surface area contributed by atoms with E-state index >= 15 is 0 Å². The lowest BCUT2D eigenvalue weighted by Crippen LogP contribution is -2.52. The molecular weight excluding hydrogens is 664 g/mol. The zero-order chi connectivity index (χ0) is 39.0. The van der Waals surface area contributed by atoms with Gasteiger partial charge in [0, 0.05) is 25.7 Å². The maximum Gasteiger partial charge on any atom is 0.320 e. The van der Waals surface area contributed by atoms with Crippen LogP contribution in [0.3, 0.4) is 0 Å². The number of carbonyl (C=O) groups is 5. The fourth-order valence-corrected chi connectivity index (χ4v) is 4.94. The highest BCUT2D eigenvalue weighted by Gasteiger charge is 2.30. The number of esters is 3. The molecule has 0 aliphatic heterocycles. The molecule has 4 N–H and O–H groups in total. The summed E-state index contributed by atoms with van der Waals surface area (Å²) in [6.07, 6.45) is 0.953. The van der Waals surface area contributed by atoms with E-state index in [9.17, 15) is 34.2 Å². The Morgan fingerprint density at radius 1 is 0.667 bits per heavy atom. The van der Waals surface area contributed by atoms with Crippen LogP contribution in [-0.2, 0) is 44.6 Å². The van der Waals surface area contributed by atoms with Gasteiger partial charge in [0.25, 0.3) is 0 Å². The number of ether oxygens (including phenoxy) is 4. The van der Waals surface area contributed by atoms with E-state index in [2.05, 4.69) is 0 Å². The summed E-state index contributed by atoms with van der Waals surface area (Å²) in [4.78, 5) is 67.3. The summed E-state index contributed by atoms with van der Waals surface area (Å²) in [7, 11) is 0. The molecule has 0 heterocycles. The summed E-state index contributed by atoms with van der Waals surface area (Å²) in [5.41, 5.74) is 3.98. The first-order valence-electron chi connectivity index (χ1n) is 17.1. The summed E-state index contributed by atoms with van der Waals surface area (Å²) < 4.78 is 22.2. The van der Waals surface area contributed by atoms with Crippen LogP contribution in [0.1, 0.15) is 74.3 Å². The maximum absolute atomic E-state index is 13.1. The van der Waals surface area contributed by atoms with Crippen LogP contribution in [0.5, 0.6) is 5.75 Å². The molecule has 1 atom stereocenters. The van der Waals surface area contributed by atoms with Crippen molar-refractivity contribution in [3.05, 3.63) is 29.8 Å². The van der Waals surface area contributed by atoms with Crippen LogP contribution in [0.2, 0.25) is 0 Å². The molecule has 0 bridgehead atoms. The Kier molecular flexibility index (Phi) is 18.5. The maximum atomic E-state index is 13.1. The molecule has 1 aromatic carbocycles. The zero-order valence-corrected chi connectivity index (χ0v) is 31.9. The number of hydrogen-bond acceptors (Lipinski definition) is 13. The van der Waals surface area contributed by atoms with Crippen LogP contribution < -0.4 is 10.5 Å². The van der Waals surface area contributed by atoms with Crippen LogP contribution in [-0.4, -0.2) is 143 Å². The van der Waals surface area contributed by atoms with Crippen molar-refractivity contribution in [3.8, 4) is 5.75 Å². The average Bonchev–Trinajstić information content (AvgIpc) is 2.92.